The molecule has 4 heteroatoms. The fraction of sp³-hybridized carbons (Fsp3) is 0.333. The summed E-state index contributed by atoms with van der Waals surface area (Å²) in [7, 11) is 0. The Morgan fingerprint density at radius 2 is 2.10 bits per heavy atom. The molecule has 0 aliphatic heterocycles. The Bertz CT molecular complexity index is 175. The maximum atomic E-state index is 9.89. The molecule has 0 aromatic carbocycles. The highest BCUT2D eigenvalue weighted by Crippen LogP contribution is 1.95. The molecule has 4 nitrogen and oxygen atoms in total. The van der Waals surface area contributed by atoms with Gasteiger partial charge in [-0.15, -0.1) is 0 Å². The van der Waals surface area contributed by atoms with Crippen molar-refractivity contribution in [3.63, 3.8) is 0 Å². The topological polar surface area (TPSA) is 64.4 Å². The molecule has 0 fully saturated rings. The van der Waals surface area contributed by atoms with E-state index in [4.69, 9.17) is 10.6 Å². The van der Waals surface area contributed by atoms with Gasteiger partial charge in [-0.3, -0.25) is 10.0 Å². The van der Waals surface area contributed by atoms with Crippen LogP contribution >= 0.6 is 0 Å². The first-order valence-electron chi connectivity index (χ1n) is 2.74. The normalized spacial score (nSPS) is 10.9. The summed E-state index contributed by atoms with van der Waals surface area (Å²) in [6.07, 6.45) is 1.66. The number of allylic oxidation sites excluding steroid dienone is 2. The standard InChI is InChI=1S/C6H10N2O2/c1-5(7)3-6(2)8(10)4-9/h3-4,7,10H,1-2H3/b6-3-,7-5?. The maximum absolute atomic E-state index is 9.89. The summed E-state index contributed by atoms with van der Waals surface area (Å²) in [4.78, 5) is 9.89. The van der Waals surface area contributed by atoms with Gasteiger partial charge in [0.1, 0.15) is 0 Å². The van der Waals surface area contributed by atoms with E-state index in [0.29, 0.717) is 16.5 Å². The number of carbonyl (C=O) groups is 1. The Balaban J connectivity index is 4.18. The van der Waals surface area contributed by atoms with E-state index in [2.05, 4.69) is 0 Å². The third-order valence-corrected chi connectivity index (χ3v) is 0.887. The van der Waals surface area contributed by atoms with Crippen LogP contribution in [0.15, 0.2) is 11.8 Å². The van der Waals surface area contributed by atoms with E-state index in [1.165, 1.54) is 13.0 Å². The summed E-state index contributed by atoms with van der Waals surface area (Å²) in [5, 5.41) is 16.1. The Morgan fingerprint density at radius 1 is 1.60 bits per heavy atom. The largest absolute Gasteiger partial charge is 0.306 e. The summed E-state index contributed by atoms with van der Waals surface area (Å²) < 4.78 is 0. The fourth-order valence-electron chi connectivity index (χ4n) is 0.463. The second-order valence-corrected chi connectivity index (χ2v) is 1.92. The SMILES string of the molecule is CC(=N)/C=C(/C)N(O)C=O. The van der Waals surface area contributed by atoms with Crippen LogP contribution in [0.25, 0.3) is 0 Å². The molecule has 56 valence electrons. The molecule has 0 aliphatic carbocycles. The lowest BCUT2D eigenvalue weighted by Crippen LogP contribution is -2.14. The summed E-state index contributed by atoms with van der Waals surface area (Å²) in [6.45, 7) is 3.09. The minimum Gasteiger partial charge on any atom is -0.306 e. The number of hydrogen-bond acceptors (Lipinski definition) is 3. The van der Waals surface area contributed by atoms with Crippen molar-refractivity contribution >= 4 is 12.1 Å². The third kappa shape index (κ3) is 2.99. The lowest BCUT2D eigenvalue weighted by molar-refractivity contribution is -0.141. The van der Waals surface area contributed by atoms with E-state index in [0.717, 1.165) is 0 Å². The molecular formula is C6H10N2O2. The Morgan fingerprint density at radius 3 is 2.40 bits per heavy atom. The molecule has 0 heterocycles. The van der Waals surface area contributed by atoms with Crippen LogP contribution in [0, 0.1) is 5.41 Å². The lowest BCUT2D eigenvalue weighted by atomic mass is 10.3. The summed E-state index contributed by atoms with van der Waals surface area (Å²) in [5.74, 6) is 0. The van der Waals surface area contributed by atoms with Crippen molar-refractivity contribution in [3.05, 3.63) is 11.8 Å². The molecule has 1 amide bonds. The molecule has 2 N–H and O–H groups in total. The van der Waals surface area contributed by atoms with Crippen molar-refractivity contribution in [3.8, 4) is 0 Å². The van der Waals surface area contributed by atoms with E-state index in [1.54, 1.807) is 6.92 Å². The van der Waals surface area contributed by atoms with Gasteiger partial charge in [0.15, 0.2) is 0 Å². The van der Waals surface area contributed by atoms with Crippen LogP contribution in [0.4, 0.5) is 0 Å². The minimum atomic E-state index is 0.273. The minimum absolute atomic E-state index is 0.273. The summed E-state index contributed by atoms with van der Waals surface area (Å²) in [5.41, 5.74) is 0.626. The van der Waals surface area contributed by atoms with E-state index in [-0.39, 0.29) is 6.41 Å². The molecule has 0 spiro atoms. The average Bonchev–Trinajstić information content (AvgIpc) is 1.85. The van der Waals surface area contributed by atoms with Gasteiger partial charge in [-0.25, -0.2) is 0 Å². The molecule has 10 heavy (non-hydrogen) atoms. The zero-order chi connectivity index (χ0) is 8.15. The number of carbonyl (C=O) groups excluding carboxylic acids is 1. The first-order valence-corrected chi connectivity index (χ1v) is 2.74. The quantitative estimate of drug-likeness (QED) is 0.264. The van der Waals surface area contributed by atoms with Crippen molar-refractivity contribution < 1.29 is 10.0 Å². The Labute approximate surface area is 59.2 Å². The highest BCUT2D eigenvalue weighted by molar-refractivity contribution is 5.90. The first kappa shape index (κ1) is 8.84. The first-order chi connectivity index (χ1) is 4.57. The fourth-order valence-corrected chi connectivity index (χ4v) is 0.463. The van der Waals surface area contributed by atoms with Gasteiger partial charge in [-0.1, -0.05) is 0 Å². The third-order valence-electron chi connectivity index (χ3n) is 0.887. The molecule has 0 saturated heterocycles. The number of nitrogens with one attached hydrogen (secondary N) is 1. The van der Waals surface area contributed by atoms with E-state index >= 15 is 0 Å². The Kier molecular flexibility index (Phi) is 3.35. The van der Waals surface area contributed by atoms with E-state index < -0.39 is 0 Å². The van der Waals surface area contributed by atoms with Crippen LogP contribution in [0.2, 0.25) is 0 Å². The molecular weight excluding hydrogens is 132 g/mol. The van der Waals surface area contributed by atoms with Crippen LogP contribution in [0.5, 0.6) is 0 Å². The number of amides is 1. The number of nitrogens with zero attached hydrogens (tertiary/aromatic N) is 1. The van der Waals surface area contributed by atoms with Crippen molar-refractivity contribution in [2.24, 2.45) is 0 Å². The zero-order valence-electron chi connectivity index (χ0n) is 5.96. The Hall–Kier alpha value is -1.16. The smallest absolute Gasteiger partial charge is 0.237 e. The molecule has 0 aromatic heterocycles. The van der Waals surface area contributed by atoms with Crippen molar-refractivity contribution in [2.75, 3.05) is 0 Å². The van der Waals surface area contributed by atoms with Crippen LogP contribution in [0.3, 0.4) is 0 Å². The molecule has 0 rings (SSSR count). The van der Waals surface area contributed by atoms with Gasteiger partial charge in [-0.2, -0.15) is 5.06 Å². The van der Waals surface area contributed by atoms with Gasteiger partial charge >= 0.3 is 0 Å². The molecule has 0 bridgehead atoms. The van der Waals surface area contributed by atoms with Gasteiger partial charge in [0, 0.05) is 11.4 Å². The number of hydrogen-bond donors (Lipinski definition) is 2. The second kappa shape index (κ2) is 3.79. The predicted octanol–water partition coefficient (Wildman–Crippen LogP) is 0.777. The van der Waals surface area contributed by atoms with Crippen LogP contribution in [-0.4, -0.2) is 22.4 Å². The molecule has 0 atom stereocenters. The van der Waals surface area contributed by atoms with Gasteiger partial charge in [0.25, 0.3) is 0 Å². The maximum Gasteiger partial charge on any atom is 0.237 e. The van der Waals surface area contributed by atoms with Gasteiger partial charge < -0.3 is 5.41 Å². The highest BCUT2D eigenvalue weighted by atomic mass is 16.5. The van der Waals surface area contributed by atoms with Gasteiger partial charge in [-0.05, 0) is 19.9 Å². The highest BCUT2D eigenvalue weighted by Gasteiger charge is 1.96. The number of rotatable bonds is 3. The monoisotopic (exact) mass is 142 g/mol. The molecule has 0 aromatic rings. The van der Waals surface area contributed by atoms with Crippen molar-refractivity contribution in [2.45, 2.75) is 13.8 Å². The molecule has 0 saturated carbocycles. The van der Waals surface area contributed by atoms with Crippen LogP contribution in [-0.2, 0) is 4.79 Å². The average molecular weight is 142 g/mol. The van der Waals surface area contributed by atoms with E-state index in [1.807, 2.05) is 0 Å². The summed E-state index contributed by atoms with van der Waals surface area (Å²) in [6, 6.07) is 0. The van der Waals surface area contributed by atoms with Gasteiger partial charge in [0.2, 0.25) is 6.41 Å². The van der Waals surface area contributed by atoms with Crippen molar-refractivity contribution in [1.82, 2.24) is 5.06 Å². The van der Waals surface area contributed by atoms with Crippen molar-refractivity contribution in [1.29, 1.82) is 5.41 Å². The van der Waals surface area contributed by atoms with E-state index in [9.17, 15) is 4.79 Å². The second-order valence-electron chi connectivity index (χ2n) is 1.92. The van der Waals surface area contributed by atoms with Crippen LogP contribution in [0.1, 0.15) is 13.8 Å². The summed E-state index contributed by atoms with van der Waals surface area (Å²) >= 11 is 0. The molecule has 0 unspecified atom stereocenters. The number of hydroxylamine groups is 2. The molecule has 0 radical (unpaired) electrons. The zero-order valence-corrected chi connectivity index (χ0v) is 5.96. The lowest BCUT2D eigenvalue weighted by Gasteiger charge is -2.06. The van der Waals surface area contributed by atoms with Crippen LogP contribution < -0.4 is 0 Å². The predicted molar refractivity (Wildman–Crippen MR) is 36.8 cm³/mol. The molecule has 0 aliphatic rings. The van der Waals surface area contributed by atoms with Gasteiger partial charge in [0.05, 0.1) is 0 Å².